The van der Waals surface area contributed by atoms with Crippen LogP contribution < -0.4 is 0 Å². The molecule has 3 unspecified atom stereocenters. The first-order valence-electron chi connectivity index (χ1n) is 9.54. The summed E-state index contributed by atoms with van der Waals surface area (Å²) in [6.07, 6.45) is -3.02. The van der Waals surface area contributed by atoms with E-state index in [-0.39, 0.29) is 35.3 Å². The maximum absolute atomic E-state index is 12.7. The lowest BCUT2D eigenvalue weighted by molar-refractivity contribution is -0.137. The number of halogens is 3. The van der Waals surface area contributed by atoms with Crippen LogP contribution in [0.2, 0.25) is 0 Å². The molecule has 2 heterocycles. The summed E-state index contributed by atoms with van der Waals surface area (Å²) in [5.41, 5.74) is 0.103. The van der Waals surface area contributed by atoms with Gasteiger partial charge in [-0.25, -0.2) is 8.42 Å². The smallest absolute Gasteiger partial charge is 0.340 e. The van der Waals surface area contributed by atoms with Crippen LogP contribution in [-0.2, 0) is 20.8 Å². The van der Waals surface area contributed by atoms with Crippen LogP contribution >= 0.6 is 0 Å². The van der Waals surface area contributed by atoms with Crippen molar-refractivity contribution in [1.82, 2.24) is 9.80 Å². The molecule has 0 spiro atoms. The number of piperazine rings is 1. The summed E-state index contributed by atoms with van der Waals surface area (Å²) in [6, 6.07) is 5.15. The second kappa shape index (κ2) is 7.02. The van der Waals surface area contributed by atoms with Crippen LogP contribution in [0, 0.1) is 5.92 Å². The second-order valence-electron chi connectivity index (χ2n) is 7.99. The SMILES string of the molecule is O=C(C1CC1c1ccc(C(F)(F)F)cc1)N1CCN(C2CCS(=O)(=O)C2)CC1. The van der Waals surface area contributed by atoms with Gasteiger partial charge in [0, 0.05) is 38.1 Å². The summed E-state index contributed by atoms with van der Waals surface area (Å²) >= 11 is 0. The molecular formula is C19H23F3N2O3S. The summed E-state index contributed by atoms with van der Waals surface area (Å²) in [4.78, 5) is 16.7. The first-order valence-corrected chi connectivity index (χ1v) is 11.4. The number of hydrogen-bond donors (Lipinski definition) is 0. The number of carbonyl (C=O) groups is 1. The predicted molar refractivity (Wildman–Crippen MR) is 97.5 cm³/mol. The largest absolute Gasteiger partial charge is 0.416 e. The summed E-state index contributed by atoms with van der Waals surface area (Å²) in [7, 11) is -2.92. The highest BCUT2D eigenvalue weighted by Gasteiger charge is 2.46. The molecule has 3 aliphatic rings. The summed E-state index contributed by atoms with van der Waals surface area (Å²) in [5, 5.41) is 0. The highest BCUT2D eigenvalue weighted by molar-refractivity contribution is 7.91. The van der Waals surface area contributed by atoms with Crippen molar-refractivity contribution in [2.75, 3.05) is 37.7 Å². The fraction of sp³-hybridized carbons (Fsp3) is 0.632. The third-order valence-electron chi connectivity index (χ3n) is 6.12. The van der Waals surface area contributed by atoms with Crippen molar-refractivity contribution in [3.8, 4) is 0 Å². The van der Waals surface area contributed by atoms with E-state index in [9.17, 15) is 26.4 Å². The molecule has 5 nitrogen and oxygen atoms in total. The predicted octanol–water partition coefficient (Wildman–Crippen LogP) is 2.14. The average Bonchev–Trinajstić information content (AvgIpc) is 3.37. The zero-order valence-electron chi connectivity index (χ0n) is 15.4. The Labute approximate surface area is 162 Å². The van der Waals surface area contributed by atoms with Gasteiger partial charge >= 0.3 is 6.18 Å². The number of rotatable bonds is 3. The monoisotopic (exact) mass is 416 g/mol. The highest BCUT2D eigenvalue weighted by Crippen LogP contribution is 2.49. The van der Waals surface area contributed by atoms with Gasteiger partial charge in [-0.15, -0.1) is 0 Å². The van der Waals surface area contributed by atoms with Gasteiger partial charge in [0.2, 0.25) is 5.91 Å². The Balaban J connectivity index is 1.30. The van der Waals surface area contributed by atoms with Crippen LogP contribution in [0.3, 0.4) is 0 Å². The Kier molecular flexibility index (Phi) is 4.94. The fourth-order valence-corrected chi connectivity index (χ4v) is 6.12. The number of hydrogen-bond acceptors (Lipinski definition) is 4. The number of alkyl halides is 3. The topological polar surface area (TPSA) is 57.7 Å². The number of nitrogens with zero attached hydrogens (tertiary/aromatic N) is 2. The van der Waals surface area contributed by atoms with Crippen LogP contribution in [-0.4, -0.2) is 67.9 Å². The Morgan fingerprint density at radius 2 is 1.68 bits per heavy atom. The highest BCUT2D eigenvalue weighted by atomic mass is 32.2. The molecule has 28 heavy (non-hydrogen) atoms. The molecule has 1 amide bonds. The van der Waals surface area contributed by atoms with Crippen molar-refractivity contribution in [3.63, 3.8) is 0 Å². The molecule has 1 aromatic carbocycles. The van der Waals surface area contributed by atoms with Crippen LogP contribution in [0.25, 0.3) is 0 Å². The van der Waals surface area contributed by atoms with Gasteiger partial charge in [-0.3, -0.25) is 9.69 Å². The minimum Gasteiger partial charge on any atom is -0.340 e. The van der Waals surface area contributed by atoms with Gasteiger partial charge < -0.3 is 4.90 Å². The Morgan fingerprint density at radius 1 is 1.04 bits per heavy atom. The van der Waals surface area contributed by atoms with Crippen LogP contribution in [0.15, 0.2) is 24.3 Å². The average molecular weight is 416 g/mol. The van der Waals surface area contributed by atoms with Gasteiger partial charge in [-0.1, -0.05) is 12.1 Å². The van der Waals surface area contributed by atoms with Gasteiger partial charge in [0.15, 0.2) is 9.84 Å². The van der Waals surface area contributed by atoms with Gasteiger partial charge in [0.1, 0.15) is 0 Å². The number of benzene rings is 1. The van der Waals surface area contributed by atoms with E-state index in [4.69, 9.17) is 0 Å². The lowest BCUT2D eigenvalue weighted by Crippen LogP contribution is -2.52. The summed E-state index contributed by atoms with van der Waals surface area (Å²) in [5.74, 6) is 0.347. The molecule has 4 rings (SSSR count). The van der Waals surface area contributed by atoms with E-state index in [1.807, 2.05) is 4.90 Å². The number of carbonyl (C=O) groups excluding carboxylic acids is 1. The maximum atomic E-state index is 12.7. The van der Waals surface area contributed by atoms with Gasteiger partial charge in [-0.05, 0) is 36.5 Å². The van der Waals surface area contributed by atoms with Crippen molar-refractivity contribution in [3.05, 3.63) is 35.4 Å². The Morgan fingerprint density at radius 3 is 2.21 bits per heavy atom. The molecule has 2 saturated heterocycles. The lowest BCUT2D eigenvalue weighted by atomic mass is 10.1. The van der Waals surface area contributed by atoms with Crippen LogP contribution in [0.1, 0.15) is 29.9 Å². The molecular weight excluding hydrogens is 393 g/mol. The number of amides is 1. The van der Waals surface area contributed by atoms with Gasteiger partial charge in [0.25, 0.3) is 0 Å². The van der Waals surface area contributed by atoms with Crippen molar-refractivity contribution in [1.29, 1.82) is 0 Å². The Bertz CT molecular complexity index is 846. The lowest BCUT2D eigenvalue weighted by Gasteiger charge is -2.37. The Hall–Kier alpha value is -1.61. The van der Waals surface area contributed by atoms with Crippen molar-refractivity contribution in [2.45, 2.75) is 31.0 Å². The third kappa shape index (κ3) is 4.05. The zero-order valence-corrected chi connectivity index (χ0v) is 16.2. The molecule has 0 aromatic heterocycles. The quantitative estimate of drug-likeness (QED) is 0.758. The van der Waals surface area contributed by atoms with Gasteiger partial charge in [0.05, 0.1) is 17.1 Å². The second-order valence-corrected chi connectivity index (χ2v) is 10.2. The fourth-order valence-electron chi connectivity index (χ4n) is 4.36. The normalized spacial score (nSPS) is 30.4. The van der Waals surface area contributed by atoms with E-state index in [0.29, 0.717) is 39.0 Å². The molecule has 2 aliphatic heterocycles. The zero-order chi connectivity index (χ0) is 20.1. The molecule has 0 N–H and O–H groups in total. The summed E-state index contributed by atoms with van der Waals surface area (Å²) in [6.45, 7) is 2.49. The molecule has 1 aliphatic carbocycles. The molecule has 1 aromatic rings. The molecule has 3 atom stereocenters. The van der Waals surface area contributed by atoms with Crippen molar-refractivity contribution < 1.29 is 26.4 Å². The molecule has 9 heteroatoms. The van der Waals surface area contributed by atoms with E-state index >= 15 is 0 Å². The molecule has 1 saturated carbocycles. The van der Waals surface area contributed by atoms with Crippen molar-refractivity contribution in [2.24, 2.45) is 5.92 Å². The standard InChI is InChI=1S/C19H23F3N2O3S/c20-19(21,22)14-3-1-13(2-4-14)16-11-17(16)18(25)24-8-6-23(7-9-24)15-5-10-28(26,27)12-15/h1-4,15-17H,5-12H2. The summed E-state index contributed by atoms with van der Waals surface area (Å²) < 4.78 is 61.3. The van der Waals surface area contributed by atoms with Crippen LogP contribution in [0.4, 0.5) is 13.2 Å². The molecule has 154 valence electrons. The van der Waals surface area contributed by atoms with Crippen LogP contribution in [0.5, 0.6) is 0 Å². The van der Waals surface area contributed by atoms with E-state index in [2.05, 4.69) is 4.90 Å². The first kappa shape index (κ1) is 19.7. The van der Waals surface area contributed by atoms with E-state index in [0.717, 1.165) is 17.7 Å². The molecule has 0 radical (unpaired) electrons. The van der Waals surface area contributed by atoms with E-state index in [1.54, 1.807) is 0 Å². The minimum atomic E-state index is -4.35. The van der Waals surface area contributed by atoms with E-state index < -0.39 is 21.6 Å². The molecule has 0 bridgehead atoms. The minimum absolute atomic E-state index is 0.00668. The maximum Gasteiger partial charge on any atom is 0.416 e. The molecule has 3 fully saturated rings. The van der Waals surface area contributed by atoms with Crippen molar-refractivity contribution >= 4 is 15.7 Å². The first-order chi connectivity index (χ1) is 13.1. The van der Waals surface area contributed by atoms with Gasteiger partial charge in [-0.2, -0.15) is 13.2 Å². The van der Waals surface area contributed by atoms with E-state index in [1.165, 1.54) is 12.1 Å². The third-order valence-corrected chi connectivity index (χ3v) is 7.87. The number of sulfone groups is 1.